The molecule has 0 aromatic heterocycles. The van der Waals surface area contributed by atoms with E-state index < -0.39 is 22.5 Å². The van der Waals surface area contributed by atoms with Crippen molar-refractivity contribution in [1.29, 1.82) is 0 Å². The summed E-state index contributed by atoms with van der Waals surface area (Å²) in [6.45, 7) is -0.666. The Morgan fingerprint density at radius 2 is 2.00 bits per heavy atom. The van der Waals surface area contributed by atoms with E-state index >= 15 is 0 Å². The summed E-state index contributed by atoms with van der Waals surface area (Å²) in [6.07, 6.45) is -1.32. The van der Waals surface area contributed by atoms with E-state index in [0.29, 0.717) is 0 Å². The van der Waals surface area contributed by atoms with E-state index in [2.05, 4.69) is 0 Å². The summed E-state index contributed by atoms with van der Waals surface area (Å²) >= 11 is 0. The smallest absolute Gasteiger partial charge is 0.269 e. The molecule has 1 aromatic rings. The Balaban J connectivity index is 2.89. The number of aliphatic hydroxyl groups excluding tert-OH is 1. The van der Waals surface area contributed by atoms with Crippen molar-refractivity contribution in [3.05, 3.63) is 50.1 Å². The van der Waals surface area contributed by atoms with Crippen LogP contribution in [0.2, 0.25) is 0 Å². The fraction of sp³-hybridized carbons (Fsp3) is 0.250. The Morgan fingerprint density at radius 1 is 1.33 bits per heavy atom. The van der Waals surface area contributed by atoms with Crippen molar-refractivity contribution in [2.75, 3.05) is 6.54 Å². The molecule has 0 saturated carbocycles. The van der Waals surface area contributed by atoms with Gasteiger partial charge in [-0.3, -0.25) is 20.2 Å². The molecule has 0 aliphatic rings. The zero-order chi connectivity index (χ0) is 11.4. The average molecular weight is 212 g/mol. The van der Waals surface area contributed by atoms with E-state index in [1.807, 2.05) is 0 Å². The third-order valence-corrected chi connectivity index (χ3v) is 1.79. The minimum Gasteiger partial charge on any atom is -0.382 e. The molecule has 15 heavy (non-hydrogen) atoms. The number of benzene rings is 1. The quantitative estimate of drug-likeness (QED) is 0.589. The van der Waals surface area contributed by atoms with Crippen molar-refractivity contribution >= 4 is 5.69 Å². The van der Waals surface area contributed by atoms with Crippen LogP contribution in [0.3, 0.4) is 0 Å². The number of nitrogens with zero attached hydrogens (tertiary/aromatic N) is 2. The van der Waals surface area contributed by atoms with Gasteiger partial charge in [-0.05, 0) is 5.56 Å². The van der Waals surface area contributed by atoms with Crippen LogP contribution in [0, 0.1) is 20.2 Å². The lowest BCUT2D eigenvalue weighted by Gasteiger charge is -2.05. The summed E-state index contributed by atoms with van der Waals surface area (Å²) in [4.78, 5) is 19.2. The summed E-state index contributed by atoms with van der Waals surface area (Å²) in [6, 6.07) is 5.15. The second kappa shape index (κ2) is 4.47. The topological polar surface area (TPSA) is 107 Å². The predicted octanol–water partition coefficient (Wildman–Crippen LogP) is 0.905. The van der Waals surface area contributed by atoms with Gasteiger partial charge in [0.15, 0.2) is 0 Å². The second-order valence-electron chi connectivity index (χ2n) is 2.88. The van der Waals surface area contributed by atoms with Crippen molar-refractivity contribution in [1.82, 2.24) is 0 Å². The van der Waals surface area contributed by atoms with E-state index in [1.165, 1.54) is 18.2 Å². The Bertz CT molecular complexity index is 392. The molecule has 0 aliphatic heterocycles. The number of aliphatic hydroxyl groups is 1. The molecule has 7 heteroatoms. The number of non-ortho nitro benzene ring substituents is 1. The standard InChI is InChI=1S/C8H8N2O5/c11-8(5-9(12)13)6-2-1-3-7(4-6)10(14)15/h1-4,8,11H,5H2/t8-/m1/s1. The highest BCUT2D eigenvalue weighted by molar-refractivity contribution is 5.35. The Labute approximate surface area is 84.3 Å². The molecule has 0 bridgehead atoms. The highest BCUT2D eigenvalue weighted by Gasteiger charge is 2.16. The van der Waals surface area contributed by atoms with Crippen LogP contribution in [-0.2, 0) is 0 Å². The van der Waals surface area contributed by atoms with Crippen LogP contribution >= 0.6 is 0 Å². The van der Waals surface area contributed by atoms with Crippen molar-refractivity contribution < 1.29 is 15.0 Å². The van der Waals surface area contributed by atoms with Crippen molar-refractivity contribution in [2.24, 2.45) is 0 Å². The monoisotopic (exact) mass is 212 g/mol. The number of rotatable bonds is 4. The van der Waals surface area contributed by atoms with Gasteiger partial charge >= 0.3 is 0 Å². The molecule has 0 radical (unpaired) electrons. The number of nitro groups is 2. The molecular weight excluding hydrogens is 204 g/mol. The molecule has 1 atom stereocenters. The third kappa shape index (κ3) is 2.99. The van der Waals surface area contributed by atoms with Crippen molar-refractivity contribution in [2.45, 2.75) is 6.10 Å². The van der Waals surface area contributed by atoms with Crippen LogP contribution < -0.4 is 0 Å². The van der Waals surface area contributed by atoms with Crippen molar-refractivity contribution in [3.63, 3.8) is 0 Å². The van der Waals surface area contributed by atoms with Gasteiger partial charge in [0.25, 0.3) is 5.69 Å². The third-order valence-electron chi connectivity index (χ3n) is 1.79. The van der Waals surface area contributed by atoms with Gasteiger partial charge in [-0.25, -0.2) is 0 Å². The number of hydrogen-bond acceptors (Lipinski definition) is 5. The minimum absolute atomic E-state index is 0.168. The van der Waals surface area contributed by atoms with Crippen LogP contribution in [0.1, 0.15) is 11.7 Å². The summed E-state index contributed by atoms with van der Waals surface area (Å²) in [5.74, 6) is 0. The van der Waals surface area contributed by atoms with Gasteiger partial charge in [-0.2, -0.15) is 0 Å². The molecule has 0 heterocycles. The predicted molar refractivity (Wildman–Crippen MR) is 49.9 cm³/mol. The largest absolute Gasteiger partial charge is 0.382 e. The maximum Gasteiger partial charge on any atom is 0.269 e. The maximum absolute atomic E-state index is 10.4. The first kappa shape index (κ1) is 11.1. The van der Waals surface area contributed by atoms with Crippen LogP contribution in [0.4, 0.5) is 5.69 Å². The normalized spacial score (nSPS) is 12.1. The SMILES string of the molecule is O=[N+]([O-])C[C@@H](O)c1cccc([N+](=O)[O-])c1. The molecule has 0 spiro atoms. The fourth-order valence-electron chi connectivity index (χ4n) is 1.09. The lowest BCUT2D eigenvalue weighted by Crippen LogP contribution is -2.11. The lowest BCUT2D eigenvalue weighted by atomic mass is 10.1. The molecule has 1 rings (SSSR count). The molecule has 1 N–H and O–H groups in total. The Hall–Kier alpha value is -2.02. The number of nitro benzene ring substituents is 1. The van der Waals surface area contributed by atoms with E-state index in [9.17, 15) is 25.3 Å². The summed E-state index contributed by atoms with van der Waals surface area (Å²) in [7, 11) is 0. The van der Waals surface area contributed by atoms with Gasteiger partial charge in [-0.1, -0.05) is 12.1 Å². The van der Waals surface area contributed by atoms with Gasteiger partial charge in [0.1, 0.15) is 6.10 Å². The summed E-state index contributed by atoms with van der Waals surface area (Å²) in [5, 5.41) is 29.8. The van der Waals surface area contributed by atoms with E-state index in [0.717, 1.165) is 6.07 Å². The number of hydrogen-bond donors (Lipinski definition) is 1. The van der Waals surface area contributed by atoms with Gasteiger partial charge in [-0.15, -0.1) is 0 Å². The molecule has 0 unspecified atom stereocenters. The molecule has 0 fully saturated rings. The van der Waals surface area contributed by atoms with Gasteiger partial charge in [0.2, 0.25) is 6.54 Å². The van der Waals surface area contributed by atoms with Gasteiger partial charge in [0.05, 0.1) is 4.92 Å². The summed E-state index contributed by atoms with van der Waals surface area (Å²) in [5.41, 5.74) is -0.0317. The minimum atomic E-state index is -1.32. The Kier molecular flexibility index (Phi) is 3.29. The molecule has 7 nitrogen and oxygen atoms in total. The van der Waals surface area contributed by atoms with E-state index in [4.69, 9.17) is 0 Å². The first-order chi connectivity index (χ1) is 7.00. The molecule has 1 aromatic carbocycles. The average Bonchev–Trinajstić information content (AvgIpc) is 2.17. The summed E-state index contributed by atoms with van der Waals surface area (Å²) < 4.78 is 0. The lowest BCUT2D eigenvalue weighted by molar-refractivity contribution is -0.491. The molecular formula is C8H8N2O5. The first-order valence-electron chi connectivity index (χ1n) is 4.05. The fourth-order valence-corrected chi connectivity index (χ4v) is 1.09. The van der Waals surface area contributed by atoms with Crippen LogP contribution in [0.5, 0.6) is 0 Å². The van der Waals surface area contributed by atoms with Crippen LogP contribution in [0.25, 0.3) is 0 Å². The zero-order valence-electron chi connectivity index (χ0n) is 7.57. The van der Waals surface area contributed by atoms with Gasteiger partial charge in [0, 0.05) is 17.1 Å². The zero-order valence-corrected chi connectivity index (χ0v) is 7.57. The molecule has 80 valence electrons. The van der Waals surface area contributed by atoms with E-state index in [-0.39, 0.29) is 11.3 Å². The molecule has 0 aliphatic carbocycles. The van der Waals surface area contributed by atoms with Crippen LogP contribution in [0.15, 0.2) is 24.3 Å². The van der Waals surface area contributed by atoms with Crippen LogP contribution in [-0.4, -0.2) is 21.5 Å². The highest BCUT2D eigenvalue weighted by Crippen LogP contribution is 2.19. The molecule has 0 amide bonds. The maximum atomic E-state index is 10.4. The highest BCUT2D eigenvalue weighted by atomic mass is 16.6. The first-order valence-corrected chi connectivity index (χ1v) is 4.05. The molecule has 0 saturated heterocycles. The van der Waals surface area contributed by atoms with E-state index in [1.54, 1.807) is 0 Å². The van der Waals surface area contributed by atoms with Gasteiger partial charge < -0.3 is 5.11 Å². The van der Waals surface area contributed by atoms with Crippen molar-refractivity contribution in [3.8, 4) is 0 Å². The second-order valence-corrected chi connectivity index (χ2v) is 2.88. The Morgan fingerprint density at radius 3 is 2.53 bits per heavy atom.